The highest BCUT2D eigenvalue weighted by atomic mass is 16.5. The molecule has 0 spiro atoms. The highest BCUT2D eigenvalue weighted by molar-refractivity contribution is 5.91. The number of hydrogen-bond donors (Lipinski definition) is 1. The van der Waals surface area contributed by atoms with Crippen LogP contribution in [0.2, 0.25) is 0 Å². The van der Waals surface area contributed by atoms with Crippen molar-refractivity contribution in [3.63, 3.8) is 0 Å². The Labute approximate surface area is 207 Å². The summed E-state index contributed by atoms with van der Waals surface area (Å²) in [6.07, 6.45) is 7.48. The fraction of sp³-hybridized carbons (Fsp3) is 0.379. The summed E-state index contributed by atoms with van der Waals surface area (Å²) >= 11 is 0. The first-order valence-electron chi connectivity index (χ1n) is 12.6. The highest BCUT2D eigenvalue weighted by Crippen LogP contribution is 2.23. The van der Waals surface area contributed by atoms with Crippen molar-refractivity contribution >= 4 is 16.9 Å². The van der Waals surface area contributed by atoms with Gasteiger partial charge in [0, 0.05) is 19.5 Å². The number of carbonyl (C=O) groups is 1. The molecule has 0 radical (unpaired) electrons. The van der Waals surface area contributed by atoms with Gasteiger partial charge in [0.15, 0.2) is 5.76 Å². The average molecular weight is 474 g/mol. The van der Waals surface area contributed by atoms with Gasteiger partial charge in [0.1, 0.15) is 11.6 Å². The molecule has 0 aliphatic heterocycles. The molecule has 1 N–H and O–H groups in total. The first-order valence-corrected chi connectivity index (χ1v) is 12.6. The van der Waals surface area contributed by atoms with Gasteiger partial charge in [-0.15, -0.1) is 0 Å². The minimum atomic E-state index is -0.154. The number of nitrogens with one attached hydrogen (secondary N) is 1. The van der Waals surface area contributed by atoms with Crippen molar-refractivity contribution in [2.75, 3.05) is 13.2 Å². The molecule has 4 rings (SSSR count). The van der Waals surface area contributed by atoms with Crippen molar-refractivity contribution in [1.29, 1.82) is 0 Å². The van der Waals surface area contributed by atoms with Crippen LogP contribution in [0.5, 0.6) is 5.75 Å². The number of benzene rings is 2. The number of para-hydroxylation sites is 3. The number of aryl methyl sites for hydroxylation is 4. The number of fused-ring (bicyclic) bond motifs is 1. The largest absolute Gasteiger partial charge is 0.493 e. The molecule has 0 saturated heterocycles. The molecule has 35 heavy (non-hydrogen) atoms. The van der Waals surface area contributed by atoms with Crippen LogP contribution in [0, 0.1) is 13.8 Å². The molecule has 0 unspecified atom stereocenters. The monoisotopic (exact) mass is 473 g/mol. The Bertz CT molecular complexity index is 1210. The number of furan rings is 1. The normalized spacial score (nSPS) is 11.1. The molecule has 6 nitrogen and oxygen atoms in total. The van der Waals surface area contributed by atoms with Crippen LogP contribution in [0.1, 0.15) is 59.6 Å². The Kier molecular flexibility index (Phi) is 8.60. The van der Waals surface area contributed by atoms with Gasteiger partial charge in [-0.3, -0.25) is 4.79 Å². The van der Waals surface area contributed by atoms with Gasteiger partial charge in [-0.05, 0) is 74.9 Å². The number of carbonyl (C=O) groups excluding carboxylic acids is 1. The van der Waals surface area contributed by atoms with E-state index in [1.54, 1.807) is 12.1 Å². The van der Waals surface area contributed by atoms with Gasteiger partial charge in [-0.2, -0.15) is 0 Å². The minimum absolute atomic E-state index is 0.154. The molecule has 0 fully saturated rings. The van der Waals surface area contributed by atoms with Crippen LogP contribution in [-0.2, 0) is 13.0 Å². The molecule has 0 aliphatic carbocycles. The molecule has 0 bridgehead atoms. The van der Waals surface area contributed by atoms with Crippen LogP contribution in [0.4, 0.5) is 0 Å². The molecule has 1 amide bonds. The van der Waals surface area contributed by atoms with Crippen molar-refractivity contribution in [2.45, 2.75) is 58.9 Å². The number of amides is 1. The summed E-state index contributed by atoms with van der Waals surface area (Å²) in [5.74, 6) is 2.36. The predicted molar refractivity (Wildman–Crippen MR) is 139 cm³/mol. The van der Waals surface area contributed by atoms with Gasteiger partial charge in [0.05, 0.1) is 23.9 Å². The Hall–Kier alpha value is -3.54. The van der Waals surface area contributed by atoms with Crippen LogP contribution in [-0.4, -0.2) is 28.6 Å². The molecule has 0 saturated carbocycles. The van der Waals surface area contributed by atoms with Crippen molar-refractivity contribution in [1.82, 2.24) is 14.9 Å². The number of ether oxygens (including phenoxy) is 1. The lowest BCUT2D eigenvalue weighted by Gasteiger charge is -2.13. The maximum Gasteiger partial charge on any atom is 0.286 e. The van der Waals surface area contributed by atoms with E-state index >= 15 is 0 Å². The summed E-state index contributed by atoms with van der Waals surface area (Å²) in [7, 11) is 0. The molecule has 2 heterocycles. The van der Waals surface area contributed by atoms with Crippen LogP contribution in [0.25, 0.3) is 11.0 Å². The molecule has 2 aromatic carbocycles. The Morgan fingerprint density at radius 3 is 2.57 bits per heavy atom. The lowest BCUT2D eigenvalue weighted by Crippen LogP contribution is -2.23. The Balaban J connectivity index is 1.24. The molecule has 0 aliphatic rings. The third-order valence-electron chi connectivity index (χ3n) is 6.27. The van der Waals surface area contributed by atoms with E-state index in [-0.39, 0.29) is 5.91 Å². The first kappa shape index (κ1) is 24.6. The third-order valence-corrected chi connectivity index (χ3v) is 6.27. The van der Waals surface area contributed by atoms with Gasteiger partial charge in [0.25, 0.3) is 5.91 Å². The van der Waals surface area contributed by atoms with Crippen molar-refractivity contribution in [2.24, 2.45) is 0 Å². The van der Waals surface area contributed by atoms with E-state index in [0.717, 1.165) is 68.8 Å². The average Bonchev–Trinajstić information content (AvgIpc) is 3.51. The molecule has 2 aromatic heterocycles. The minimum Gasteiger partial charge on any atom is -0.493 e. The number of imidazole rings is 1. The number of rotatable bonds is 13. The second-order valence-electron chi connectivity index (χ2n) is 8.99. The summed E-state index contributed by atoms with van der Waals surface area (Å²) in [5, 5.41) is 2.91. The number of nitrogens with zero attached hydrogens (tertiary/aromatic N) is 2. The second-order valence-corrected chi connectivity index (χ2v) is 8.99. The molecule has 184 valence electrons. The summed E-state index contributed by atoms with van der Waals surface area (Å²) in [4.78, 5) is 16.8. The fourth-order valence-electron chi connectivity index (χ4n) is 4.42. The van der Waals surface area contributed by atoms with E-state index in [4.69, 9.17) is 14.1 Å². The topological polar surface area (TPSA) is 69.3 Å². The van der Waals surface area contributed by atoms with E-state index in [2.05, 4.69) is 60.1 Å². The first-order chi connectivity index (χ1) is 17.1. The Morgan fingerprint density at radius 2 is 1.77 bits per heavy atom. The van der Waals surface area contributed by atoms with Crippen LogP contribution in [0.3, 0.4) is 0 Å². The van der Waals surface area contributed by atoms with Gasteiger partial charge < -0.3 is 19.0 Å². The lowest BCUT2D eigenvalue weighted by molar-refractivity contribution is 0.0925. The van der Waals surface area contributed by atoms with E-state index in [1.165, 1.54) is 22.9 Å². The molecule has 6 heteroatoms. The van der Waals surface area contributed by atoms with Gasteiger partial charge >= 0.3 is 0 Å². The zero-order valence-electron chi connectivity index (χ0n) is 20.8. The summed E-state index contributed by atoms with van der Waals surface area (Å²) < 4.78 is 13.6. The summed E-state index contributed by atoms with van der Waals surface area (Å²) in [6, 6.07) is 18.0. The number of aromatic nitrogens is 2. The standard InChI is InChI=1S/C29H35N3O3/c1-22-12-10-13-23(2)28(22)35-20-9-8-19-32-25-15-6-5-14-24(25)31-27(32)17-4-3-7-18-30-29(33)26-16-11-21-34-26/h5-6,10-16,21H,3-4,7-9,17-20H2,1-2H3,(H,30,33). The predicted octanol–water partition coefficient (Wildman–Crippen LogP) is 6.25. The van der Waals surface area contributed by atoms with E-state index < -0.39 is 0 Å². The quantitative estimate of drug-likeness (QED) is 0.233. The lowest BCUT2D eigenvalue weighted by atomic mass is 10.1. The number of hydrogen-bond acceptors (Lipinski definition) is 4. The van der Waals surface area contributed by atoms with E-state index in [9.17, 15) is 4.79 Å². The third kappa shape index (κ3) is 6.53. The van der Waals surface area contributed by atoms with Crippen LogP contribution >= 0.6 is 0 Å². The SMILES string of the molecule is Cc1cccc(C)c1OCCCCn1c(CCCCCNC(=O)c2ccco2)nc2ccccc21. The maximum atomic E-state index is 11.9. The number of unbranched alkanes of at least 4 members (excludes halogenated alkanes) is 3. The van der Waals surface area contributed by atoms with Crippen LogP contribution < -0.4 is 10.1 Å². The van der Waals surface area contributed by atoms with Gasteiger partial charge in [-0.25, -0.2) is 4.98 Å². The molecule has 4 aromatic rings. The Morgan fingerprint density at radius 1 is 0.943 bits per heavy atom. The zero-order chi connectivity index (χ0) is 24.5. The molecular formula is C29H35N3O3. The van der Waals surface area contributed by atoms with Crippen molar-refractivity contribution in [3.8, 4) is 5.75 Å². The maximum absolute atomic E-state index is 11.9. The van der Waals surface area contributed by atoms with Crippen LogP contribution in [0.15, 0.2) is 65.3 Å². The molecular weight excluding hydrogens is 438 g/mol. The van der Waals surface area contributed by atoms with Crippen molar-refractivity contribution in [3.05, 3.63) is 83.6 Å². The van der Waals surface area contributed by atoms with Gasteiger partial charge in [0.2, 0.25) is 0 Å². The molecule has 0 atom stereocenters. The summed E-state index contributed by atoms with van der Waals surface area (Å²) in [5.41, 5.74) is 4.63. The zero-order valence-corrected chi connectivity index (χ0v) is 20.8. The van der Waals surface area contributed by atoms with E-state index in [0.29, 0.717) is 12.3 Å². The van der Waals surface area contributed by atoms with E-state index in [1.807, 2.05) is 6.07 Å². The highest BCUT2D eigenvalue weighted by Gasteiger charge is 2.11. The van der Waals surface area contributed by atoms with Crippen molar-refractivity contribution < 1.29 is 13.9 Å². The van der Waals surface area contributed by atoms with Gasteiger partial charge in [-0.1, -0.05) is 36.8 Å². The summed E-state index contributed by atoms with van der Waals surface area (Å²) in [6.45, 7) is 6.50. The fourth-order valence-corrected chi connectivity index (χ4v) is 4.42. The second kappa shape index (κ2) is 12.2. The smallest absolute Gasteiger partial charge is 0.286 e.